The maximum atomic E-state index is 12.7. The highest BCUT2D eigenvalue weighted by molar-refractivity contribution is 7.89. The molecule has 1 amide bonds. The first-order chi connectivity index (χ1) is 12.8. The van der Waals surface area contributed by atoms with E-state index in [1.54, 1.807) is 0 Å². The molecule has 0 radical (unpaired) electrons. The van der Waals surface area contributed by atoms with Crippen LogP contribution in [0.1, 0.15) is 28.8 Å². The fourth-order valence-electron chi connectivity index (χ4n) is 3.19. The highest BCUT2D eigenvalue weighted by atomic mass is 32.2. The summed E-state index contributed by atoms with van der Waals surface area (Å²) in [7, 11) is -2.51. The third kappa shape index (κ3) is 4.23. The Hall–Kier alpha value is -2.58. The van der Waals surface area contributed by atoms with Crippen molar-refractivity contribution < 1.29 is 17.9 Å². The van der Waals surface area contributed by atoms with E-state index in [9.17, 15) is 13.2 Å². The minimum Gasteiger partial charge on any atom is -0.496 e. The zero-order valence-corrected chi connectivity index (χ0v) is 16.2. The predicted octanol–water partition coefficient (Wildman–Crippen LogP) is 2.50. The van der Waals surface area contributed by atoms with Crippen molar-refractivity contribution in [3.8, 4) is 5.75 Å². The standard InChI is InChI=1S/C19H23N3O4S/c1-13-11-14(22-9-3-4-10-22)5-7-17(13)21-19(23)16-12-15(27(20,24)25)6-8-18(16)26-2/h5-8,11-12H,3-4,9-10H2,1-2H3,(H,21,23)(H2,20,24,25). The minimum atomic E-state index is -3.92. The van der Waals surface area contributed by atoms with Crippen molar-refractivity contribution in [2.45, 2.75) is 24.7 Å². The van der Waals surface area contributed by atoms with Gasteiger partial charge in [0.1, 0.15) is 5.75 Å². The van der Waals surface area contributed by atoms with Gasteiger partial charge in [-0.2, -0.15) is 0 Å². The molecule has 1 heterocycles. The lowest BCUT2D eigenvalue weighted by molar-refractivity contribution is 0.102. The van der Waals surface area contributed by atoms with Crippen molar-refractivity contribution in [2.24, 2.45) is 5.14 Å². The van der Waals surface area contributed by atoms with Gasteiger partial charge in [-0.25, -0.2) is 13.6 Å². The van der Waals surface area contributed by atoms with Crippen molar-refractivity contribution in [3.05, 3.63) is 47.5 Å². The number of aryl methyl sites for hydroxylation is 1. The summed E-state index contributed by atoms with van der Waals surface area (Å²) in [4.78, 5) is 14.9. The van der Waals surface area contributed by atoms with E-state index < -0.39 is 15.9 Å². The van der Waals surface area contributed by atoms with Gasteiger partial charge in [0.15, 0.2) is 0 Å². The molecular formula is C19H23N3O4S. The average Bonchev–Trinajstić information content (AvgIpc) is 3.16. The molecular weight excluding hydrogens is 366 g/mol. The highest BCUT2D eigenvalue weighted by Crippen LogP contribution is 2.27. The highest BCUT2D eigenvalue weighted by Gasteiger charge is 2.19. The van der Waals surface area contributed by atoms with Gasteiger partial charge in [-0.3, -0.25) is 4.79 Å². The lowest BCUT2D eigenvalue weighted by Crippen LogP contribution is -2.19. The number of nitrogens with zero attached hydrogens (tertiary/aromatic N) is 1. The SMILES string of the molecule is COc1ccc(S(N)(=O)=O)cc1C(=O)Nc1ccc(N2CCCC2)cc1C. The summed E-state index contributed by atoms with van der Waals surface area (Å²) in [5, 5.41) is 7.99. The number of methoxy groups -OCH3 is 1. The fraction of sp³-hybridized carbons (Fsp3) is 0.316. The number of carbonyl (C=O) groups is 1. The Morgan fingerprint density at radius 1 is 1.15 bits per heavy atom. The number of anilines is 2. The van der Waals surface area contributed by atoms with Crippen molar-refractivity contribution >= 4 is 27.3 Å². The Morgan fingerprint density at radius 2 is 1.85 bits per heavy atom. The first-order valence-electron chi connectivity index (χ1n) is 8.67. The van der Waals surface area contributed by atoms with Crippen LogP contribution in [0.25, 0.3) is 0 Å². The number of hydrogen-bond acceptors (Lipinski definition) is 5. The van der Waals surface area contributed by atoms with Crippen molar-refractivity contribution in [1.82, 2.24) is 0 Å². The van der Waals surface area contributed by atoms with Gasteiger partial charge in [0.05, 0.1) is 17.6 Å². The summed E-state index contributed by atoms with van der Waals surface area (Å²) < 4.78 is 28.4. The van der Waals surface area contributed by atoms with Crippen LogP contribution in [0.2, 0.25) is 0 Å². The first-order valence-corrected chi connectivity index (χ1v) is 10.2. The number of sulfonamides is 1. The molecule has 3 N–H and O–H groups in total. The number of ether oxygens (including phenoxy) is 1. The lowest BCUT2D eigenvalue weighted by Gasteiger charge is -2.19. The summed E-state index contributed by atoms with van der Waals surface area (Å²) in [6, 6.07) is 9.82. The molecule has 1 fully saturated rings. The number of rotatable bonds is 5. The number of amides is 1. The molecule has 2 aromatic rings. The quantitative estimate of drug-likeness (QED) is 0.818. The van der Waals surface area contributed by atoms with Crippen LogP contribution in [0.3, 0.4) is 0 Å². The van der Waals surface area contributed by atoms with E-state index in [1.165, 1.54) is 38.2 Å². The minimum absolute atomic E-state index is 0.104. The van der Waals surface area contributed by atoms with E-state index in [4.69, 9.17) is 9.88 Å². The predicted molar refractivity (Wildman–Crippen MR) is 105 cm³/mol. The van der Waals surface area contributed by atoms with Crippen LogP contribution in [0.15, 0.2) is 41.3 Å². The largest absolute Gasteiger partial charge is 0.496 e. The Bertz CT molecular complexity index is 967. The molecule has 144 valence electrons. The van der Waals surface area contributed by atoms with Crippen molar-refractivity contribution in [2.75, 3.05) is 30.4 Å². The molecule has 0 bridgehead atoms. The second-order valence-corrected chi connectivity index (χ2v) is 8.12. The molecule has 1 aliphatic rings. The van der Waals surface area contributed by atoms with Crippen LogP contribution in [-0.4, -0.2) is 34.5 Å². The Kier molecular flexibility index (Phi) is 5.38. The zero-order chi connectivity index (χ0) is 19.6. The Labute approximate surface area is 159 Å². The van der Waals surface area contributed by atoms with Gasteiger partial charge in [-0.05, 0) is 61.7 Å². The molecule has 1 aliphatic heterocycles. The zero-order valence-electron chi connectivity index (χ0n) is 15.4. The number of carbonyl (C=O) groups excluding carboxylic acids is 1. The molecule has 0 atom stereocenters. The maximum Gasteiger partial charge on any atom is 0.259 e. The third-order valence-electron chi connectivity index (χ3n) is 4.67. The monoisotopic (exact) mass is 389 g/mol. The molecule has 27 heavy (non-hydrogen) atoms. The molecule has 0 aromatic heterocycles. The smallest absolute Gasteiger partial charge is 0.259 e. The molecule has 0 saturated carbocycles. The summed E-state index contributed by atoms with van der Waals surface area (Å²) in [5.74, 6) is -0.194. The van der Waals surface area contributed by atoms with Gasteiger partial charge >= 0.3 is 0 Å². The topological polar surface area (TPSA) is 102 Å². The van der Waals surface area contributed by atoms with Gasteiger partial charge < -0.3 is 15.0 Å². The molecule has 1 saturated heterocycles. The van der Waals surface area contributed by atoms with E-state index in [0.717, 1.165) is 24.3 Å². The second kappa shape index (κ2) is 7.58. The van der Waals surface area contributed by atoms with Crippen LogP contribution >= 0.6 is 0 Å². The fourth-order valence-corrected chi connectivity index (χ4v) is 3.73. The van der Waals surface area contributed by atoms with E-state index in [1.807, 2.05) is 25.1 Å². The number of nitrogens with one attached hydrogen (secondary N) is 1. The van der Waals surface area contributed by atoms with E-state index in [0.29, 0.717) is 5.69 Å². The van der Waals surface area contributed by atoms with Gasteiger partial charge in [-0.1, -0.05) is 0 Å². The van der Waals surface area contributed by atoms with Crippen molar-refractivity contribution in [1.29, 1.82) is 0 Å². The summed E-state index contributed by atoms with van der Waals surface area (Å²) in [6.45, 7) is 4.01. The van der Waals surface area contributed by atoms with Crippen LogP contribution in [0, 0.1) is 6.92 Å². The lowest BCUT2D eigenvalue weighted by atomic mass is 10.1. The van der Waals surface area contributed by atoms with Gasteiger partial charge in [0, 0.05) is 24.5 Å². The summed E-state index contributed by atoms with van der Waals surface area (Å²) >= 11 is 0. The van der Waals surface area contributed by atoms with Crippen molar-refractivity contribution in [3.63, 3.8) is 0 Å². The first kappa shape index (κ1) is 19.2. The molecule has 0 unspecified atom stereocenters. The van der Waals surface area contributed by atoms with Crippen LogP contribution < -0.4 is 20.1 Å². The number of hydrogen-bond donors (Lipinski definition) is 2. The van der Waals surface area contributed by atoms with Gasteiger partial charge in [0.2, 0.25) is 10.0 Å². The number of nitrogens with two attached hydrogens (primary N) is 1. The Balaban J connectivity index is 1.87. The Morgan fingerprint density at radius 3 is 2.44 bits per heavy atom. The van der Waals surface area contributed by atoms with Crippen LogP contribution in [-0.2, 0) is 10.0 Å². The maximum absolute atomic E-state index is 12.7. The van der Waals surface area contributed by atoms with Gasteiger partial charge in [0.25, 0.3) is 5.91 Å². The second-order valence-electron chi connectivity index (χ2n) is 6.55. The van der Waals surface area contributed by atoms with E-state index >= 15 is 0 Å². The molecule has 7 nitrogen and oxygen atoms in total. The summed E-state index contributed by atoms with van der Waals surface area (Å²) in [5.41, 5.74) is 2.82. The average molecular weight is 389 g/mol. The molecule has 8 heteroatoms. The van der Waals surface area contributed by atoms with Gasteiger partial charge in [-0.15, -0.1) is 0 Å². The van der Waals surface area contributed by atoms with Crippen LogP contribution in [0.5, 0.6) is 5.75 Å². The number of benzene rings is 2. The van der Waals surface area contributed by atoms with Crippen LogP contribution in [0.4, 0.5) is 11.4 Å². The van der Waals surface area contributed by atoms with E-state index in [2.05, 4.69) is 10.2 Å². The number of primary sulfonamides is 1. The molecule has 0 aliphatic carbocycles. The summed E-state index contributed by atoms with van der Waals surface area (Å²) in [6.07, 6.45) is 2.38. The normalized spacial score (nSPS) is 14.3. The molecule has 0 spiro atoms. The molecule has 3 rings (SSSR count). The van der Waals surface area contributed by atoms with E-state index in [-0.39, 0.29) is 16.2 Å². The molecule has 2 aromatic carbocycles. The third-order valence-corrected chi connectivity index (χ3v) is 5.58.